The highest BCUT2D eigenvalue weighted by molar-refractivity contribution is 6.03. The van der Waals surface area contributed by atoms with E-state index in [1.165, 1.54) is 30.3 Å². The van der Waals surface area contributed by atoms with E-state index in [1.807, 2.05) is 0 Å². The van der Waals surface area contributed by atoms with E-state index in [9.17, 15) is 20.0 Å². The van der Waals surface area contributed by atoms with Crippen LogP contribution in [0.25, 0.3) is 17.1 Å². The number of hydrazone groups is 1. The summed E-state index contributed by atoms with van der Waals surface area (Å²) in [6.07, 6.45) is 0. The smallest absolute Gasteiger partial charge is 0.294 e. The number of amides is 1. The number of hydrogen-bond acceptors (Lipinski definition) is 11. The monoisotopic (exact) mass is 449 g/mol. The molecule has 166 valence electrons. The number of nitrogens with zero attached hydrogens (tertiary/aromatic N) is 7. The molecule has 14 heteroatoms. The van der Waals surface area contributed by atoms with Crippen LogP contribution in [0.4, 0.5) is 11.5 Å². The van der Waals surface area contributed by atoms with Gasteiger partial charge in [0.1, 0.15) is 11.4 Å². The van der Waals surface area contributed by atoms with E-state index >= 15 is 0 Å². The van der Waals surface area contributed by atoms with Gasteiger partial charge in [-0.25, -0.2) is 10.1 Å². The summed E-state index contributed by atoms with van der Waals surface area (Å²) in [5.74, 6) is -0.971. The number of aromatic nitrogens is 5. The lowest BCUT2D eigenvalue weighted by molar-refractivity contribution is -0.384. The fourth-order valence-corrected chi connectivity index (χ4v) is 2.97. The number of nitro benzene ring substituents is 1. The number of nitrogens with one attached hydrogen (secondary N) is 1. The molecule has 0 saturated heterocycles. The first kappa shape index (κ1) is 21.1. The number of rotatable bonds is 6. The Morgan fingerprint density at radius 1 is 1.24 bits per heavy atom. The highest BCUT2D eigenvalue weighted by atomic mass is 16.6. The lowest BCUT2D eigenvalue weighted by atomic mass is 10.1. The molecule has 4 N–H and O–H groups in total. The van der Waals surface area contributed by atoms with Crippen molar-refractivity contribution in [3.63, 3.8) is 0 Å². The number of non-ortho nitro benzene ring substituents is 1. The maximum Gasteiger partial charge on any atom is 0.294 e. The molecule has 0 unspecified atom stereocenters. The molecule has 0 aliphatic rings. The lowest BCUT2D eigenvalue weighted by Crippen LogP contribution is -2.21. The van der Waals surface area contributed by atoms with Crippen LogP contribution >= 0.6 is 0 Å². The van der Waals surface area contributed by atoms with Gasteiger partial charge in [0.15, 0.2) is 5.69 Å². The third-order valence-corrected chi connectivity index (χ3v) is 4.53. The standard InChI is InChI=1S/C19H15N9O5/c1-10(13-7-2-3-8-14(13)29)21-23-19(30)15-16(11-5-4-6-12(9-11)28(31)32)27(26-22-15)18-17(20)24-33-25-18/h2-9,29H,1H3,(H2,20,24)(H,23,30)/b21-10-. The highest BCUT2D eigenvalue weighted by Crippen LogP contribution is 2.29. The predicted molar refractivity (Wildman–Crippen MR) is 114 cm³/mol. The molecule has 14 nitrogen and oxygen atoms in total. The minimum atomic E-state index is -0.771. The van der Waals surface area contributed by atoms with E-state index in [2.05, 4.69) is 35.8 Å². The topological polar surface area (TPSA) is 200 Å². The quantitative estimate of drug-likeness (QED) is 0.221. The molecular weight excluding hydrogens is 434 g/mol. The van der Waals surface area contributed by atoms with Crippen molar-refractivity contribution in [2.45, 2.75) is 6.92 Å². The number of para-hydroxylation sites is 1. The summed E-state index contributed by atoms with van der Waals surface area (Å²) >= 11 is 0. The molecular formula is C19H15N9O5. The number of carbonyl (C=O) groups excluding carboxylic acids is 1. The van der Waals surface area contributed by atoms with Crippen molar-refractivity contribution in [3.8, 4) is 22.8 Å². The average molecular weight is 449 g/mol. The Bertz CT molecular complexity index is 1390. The van der Waals surface area contributed by atoms with Crippen molar-refractivity contribution in [2.24, 2.45) is 5.10 Å². The van der Waals surface area contributed by atoms with Gasteiger partial charge in [0, 0.05) is 23.3 Å². The SMILES string of the molecule is C/C(=N/NC(=O)c1nnn(-c2nonc2N)c1-c1cccc([N+](=O)[O-])c1)c1ccccc1O. The van der Waals surface area contributed by atoms with E-state index in [0.29, 0.717) is 11.3 Å². The number of anilines is 1. The third-order valence-electron chi connectivity index (χ3n) is 4.53. The van der Waals surface area contributed by atoms with Crippen LogP contribution in [-0.2, 0) is 0 Å². The second-order valence-corrected chi connectivity index (χ2v) is 6.63. The van der Waals surface area contributed by atoms with Crippen LogP contribution in [0.5, 0.6) is 5.75 Å². The molecule has 0 spiro atoms. The zero-order valence-corrected chi connectivity index (χ0v) is 16.9. The van der Waals surface area contributed by atoms with E-state index in [0.717, 1.165) is 4.68 Å². The Kier molecular flexibility index (Phi) is 5.46. The molecule has 2 aromatic heterocycles. The Morgan fingerprint density at radius 2 is 2.03 bits per heavy atom. The zero-order chi connectivity index (χ0) is 23.5. The van der Waals surface area contributed by atoms with Crippen LogP contribution in [0.2, 0.25) is 0 Å². The Hall–Kier alpha value is -5.14. The van der Waals surface area contributed by atoms with E-state index in [1.54, 1.807) is 25.1 Å². The van der Waals surface area contributed by atoms with Crippen molar-refractivity contribution >= 4 is 23.1 Å². The molecule has 2 heterocycles. The molecule has 4 rings (SSSR count). The second-order valence-electron chi connectivity index (χ2n) is 6.63. The van der Waals surface area contributed by atoms with Gasteiger partial charge in [-0.15, -0.1) is 5.10 Å². The predicted octanol–water partition coefficient (Wildman–Crippen LogP) is 1.67. The summed E-state index contributed by atoms with van der Waals surface area (Å²) in [6, 6.07) is 12.0. The van der Waals surface area contributed by atoms with Crippen LogP contribution < -0.4 is 11.2 Å². The van der Waals surface area contributed by atoms with Gasteiger partial charge in [0.05, 0.1) is 10.6 Å². The maximum absolute atomic E-state index is 12.9. The average Bonchev–Trinajstić information content (AvgIpc) is 3.43. The van der Waals surface area contributed by atoms with Crippen LogP contribution in [0.15, 0.2) is 58.3 Å². The van der Waals surface area contributed by atoms with E-state index in [-0.39, 0.29) is 40.0 Å². The summed E-state index contributed by atoms with van der Waals surface area (Å²) < 4.78 is 5.68. The van der Waals surface area contributed by atoms with Gasteiger partial charge in [0.25, 0.3) is 11.6 Å². The Balaban J connectivity index is 1.77. The molecule has 4 aromatic rings. The molecule has 0 bridgehead atoms. The van der Waals surface area contributed by atoms with Gasteiger partial charge in [-0.05, 0) is 29.4 Å². The first-order chi connectivity index (χ1) is 15.9. The summed E-state index contributed by atoms with van der Waals surface area (Å²) in [5, 5.41) is 40.1. The summed E-state index contributed by atoms with van der Waals surface area (Å²) in [7, 11) is 0. The largest absolute Gasteiger partial charge is 0.507 e. The van der Waals surface area contributed by atoms with E-state index < -0.39 is 10.8 Å². The van der Waals surface area contributed by atoms with Crippen molar-refractivity contribution < 1.29 is 19.5 Å². The fraction of sp³-hybridized carbons (Fsp3) is 0.0526. The fourth-order valence-electron chi connectivity index (χ4n) is 2.97. The van der Waals surface area contributed by atoms with Crippen molar-refractivity contribution in [1.29, 1.82) is 0 Å². The van der Waals surface area contributed by atoms with E-state index in [4.69, 9.17) is 5.73 Å². The van der Waals surface area contributed by atoms with Crippen molar-refractivity contribution in [3.05, 3.63) is 69.9 Å². The number of aromatic hydroxyl groups is 1. The normalized spacial score (nSPS) is 11.4. The number of benzene rings is 2. The first-order valence-corrected chi connectivity index (χ1v) is 9.28. The molecule has 0 saturated carbocycles. The Labute approximate surface area is 184 Å². The summed E-state index contributed by atoms with van der Waals surface area (Å²) in [5.41, 5.74) is 8.70. The lowest BCUT2D eigenvalue weighted by Gasteiger charge is -2.07. The molecule has 1 amide bonds. The van der Waals surface area contributed by atoms with Crippen LogP contribution in [0.3, 0.4) is 0 Å². The van der Waals surface area contributed by atoms with Crippen molar-refractivity contribution in [2.75, 3.05) is 5.73 Å². The number of nitro groups is 1. The molecule has 0 aliphatic carbocycles. The summed E-state index contributed by atoms with van der Waals surface area (Å²) in [6.45, 7) is 1.59. The number of nitrogen functional groups attached to an aromatic ring is 1. The molecule has 0 atom stereocenters. The minimum Gasteiger partial charge on any atom is -0.507 e. The summed E-state index contributed by atoms with van der Waals surface area (Å²) in [4.78, 5) is 23.6. The number of nitrogens with two attached hydrogens (primary N) is 1. The molecule has 2 aromatic carbocycles. The van der Waals surface area contributed by atoms with Crippen molar-refractivity contribution in [1.82, 2.24) is 30.7 Å². The molecule has 0 aliphatic heterocycles. The Morgan fingerprint density at radius 3 is 2.73 bits per heavy atom. The van der Waals surface area contributed by atoms with Gasteiger partial charge >= 0.3 is 0 Å². The number of phenolic OH excluding ortho intramolecular Hbond substituents is 1. The highest BCUT2D eigenvalue weighted by Gasteiger charge is 2.26. The van der Waals surface area contributed by atoms with Gasteiger partial charge in [-0.3, -0.25) is 14.9 Å². The first-order valence-electron chi connectivity index (χ1n) is 9.28. The second kappa shape index (κ2) is 8.54. The third kappa shape index (κ3) is 4.07. The molecule has 0 radical (unpaired) electrons. The van der Waals surface area contributed by atoms with Crippen LogP contribution in [0.1, 0.15) is 23.0 Å². The zero-order valence-electron chi connectivity index (χ0n) is 16.9. The number of carbonyl (C=O) groups is 1. The van der Waals surface area contributed by atoms with Gasteiger partial charge in [0.2, 0.25) is 11.6 Å². The molecule has 0 fully saturated rings. The molecule has 33 heavy (non-hydrogen) atoms. The van der Waals surface area contributed by atoms with Gasteiger partial charge < -0.3 is 10.8 Å². The number of phenols is 1. The van der Waals surface area contributed by atoms with Gasteiger partial charge in [-0.2, -0.15) is 9.78 Å². The maximum atomic E-state index is 12.9. The van der Waals surface area contributed by atoms with Gasteiger partial charge in [-0.1, -0.05) is 29.5 Å². The number of hydrogen-bond donors (Lipinski definition) is 3. The van der Waals surface area contributed by atoms with Crippen LogP contribution in [0, 0.1) is 10.1 Å². The van der Waals surface area contributed by atoms with Crippen LogP contribution in [-0.4, -0.2) is 47.0 Å². The minimum absolute atomic E-state index is 0.00904.